The van der Waals surface area contributed by atoms with Crippen molar-refractivity contribution in [1.82, 2.24) is 0 Å². The number of carbonyl (C=O) groups is 4. The number of fused-ring (bicyclic) bond motifs is 1. The molecule has 0 N–H and O–H groups in total. The Labute approximate surface area is 239 Å². The summed E-state index contributed by atoms with van der Waals surface area (Å²) in [5, 5.41) is 10.2. The number of hydrogen-bond donors (Lipinski definition) is 0. The number of benzene rings is 3. The third kappa shape index (κ3) is 4.59. The minimum absolute atomic E-state index is 0.0369. The number of anilines is 2. The van der Waals surface area contributed by atoms with Crippen molar-refractivity contribution in [3.05, 3.63) is 89.9 Å². The molecule has 2 aliphatic heterocycles. The maximum Gasteiger partial charge on any atom is 0.316 e. The van der Waals surface area contributed by atoms with Crippen LogP contribution >= 0.6 is 46.4 Å². The summed E-state index contributed by atoms with van der Waals surface area (Å²) in [5.41, 5.74) is 0.125. The van der Waals surface area contributed by atoms with Gasteiger partial charge in [-0.25, -0.2) is 4.90 Å². The summed E-state index contributed by atoms with van der Waals surface area (Å²) in [7, 11) is 0. The first-order chi connectivity index (χ1) is 18.5. The lowest BCUT2D eigenvalue weighted by atomic mass is 10.1. The zero-order chi connectivity index (χ0) is 28.2. The first-order valence-corrected chi connectivity index (χ1v) is 12.6. The second kappa shape index (κ2) is 10.1. The van der Waals surface area contributed by atoms with E-state index in [0.717, 1.165) is 4.90 Å². The van der Waals surface area contributed by atoms with Gasteiger partial charge in [-0.2, -0.15) is 0 Å². The third-order valence-electron chi connectivity index (χ3n) is 6.24. The number of esters is 1. The summed E-state index contributed by atoms with van der Waals surface area (Å²) in [6.45, 7) is 0.0369. The Morgan fingerprint density at radius 3 is 1.85 bits per heavy atom. The molecule has 1 fully saturated rings. The number of halogens is 4. The van der Waals surface area contributed by atoms with Crippen LogP contribution < -0.4 is 14.5 Å². The van der Waals surface area contributed by atoms with Gasteiger partial charge in [0.15, 0.2) is 0 Å². The molecule has 1 atom stereocenters. The van der Waals surface area contributed by atoms with Gasteiger partial charge in [-0.05, 0) is 36.4 Å². The van der Waals surface area contributed by atoms with Gasteiger partial charge in [0.2, 0.25) is 5.91 Å². The van der Waals surface area contributed by atoms with Crippen molar-refractivity contribution in [2.24, 2.45) is 5.92 Å². The van der Waals surface area contributed by atoms with Crippen molar-refractivity contribution in [1.29, 1.82) is 0 Å². The van der Waals surface area contributed by atoms with Crippen LogP contribution in [0.15, 0.2) is 48.5 Å². The molecule has 5 rings (SSSR count). The molecule has 1 saturated heterocycles. The zero-order valence-electron chi connectivity index (χ0n) is 19.3. The second-order valence-corrected chi connectivity index (χ2v) is 10.1. The molecule has 3 amide bonds. The van der Waals surface area contributed by atoms with Crippen molar-refractivity contribution < 1.29 is 28.8 Å². The summed E-state index contributed by atoms with van der Waals surface area (Å²) in [4.78, 5) is 63.8. The summed E-state index contributed by atoms with van der Waals surface area (Å²) in [6.07, 6.45) is -0.102. The number of imide groups is 1. The maximum atomic E-state index is 13.0. The molecule has 2 aliphatic rings. The highest BCUT2D eigenvalue weighted by Crippen LogP contribution is 2.45. The molecule has 14 heteroatoms. The van der Waals surface area contributed by atoms with Crippen LogP contribution in [0.25, 0.3) is 0 Å². The van der Waals surface area contributed by atoms with E-state index in [0.29, 0.717) is 5.69 Å². The van der Waals surface area contributed by atoms with E-state index < -0.39 is 28.6 Å². The van der Waals surface area contributed by atoms with Gasteiger partial charge in [-0.1, -0.05) is 46.4 Å². The van der Waals surface area contributed by atoms with Gasteiger partial charge in [0.25, 0.3) is 17.5 Å². The van der Waals surface area contributed by atoms with Crippen LogP contribution in [-0.2, 0) is 9.59 Å². The van der Waals surface area contributed by atoms with E-state index in [9.17, 15) is 29.3 Å². The van der Waals surface area contributed by atoms with Crippen LogP contribution in [0.4, 0.5) is 17.1 Å². The SMILES string of the molecule is O=C(Oc1ccc(N2C(=O)c3c(Cl)c(Cl)c(Cl)c(Cl)c3C2=O)cc1)[C@@H]1CC(=O)N(c2ccc([N+](=O)[O-])cc2)C1. The van der Waals surface area contributed by atoms with Gasteiger partial charge in [0.1, 0.15) is 5.75 Å². The molecule has 0 saturated carbocycles. The number of ether oxygens (including phenoxy) is 1. The summed E-state index contributed by atoms with van der Waals surface area (Å²) in [6, 6.07) is 10.9. The molecule has 3 aromatic rings. The maximum absolute atomic E-state index is 13.0. The van der Waals surface area contributed by atoms with E-state index in [1.807, 2.05) is 0 Å². The fraction of sp³-hybridized carbons (Fsp3) is 0.120. The third-order valence-corrected chi connectivity index (χ3v) is 8.05. The lowest BCUT2D eigenvalue weighted by molar-refractivity contribution is -0.384. The largest absolute Gasteiger partial charge is 0.426 e. The van der Waals surface area contributed by atoms with E-state index in [-0.39, 0.29) is 67.2 Å². The van der Waals surface area contributed by atoms with Crippen LogP contribution in [0.5, 0.6) is 5.75 Å². The number of rotatable bonds is 5. The fourth-order valence-corrected chi connectivity index (χ4v) is 5.33. The number of nitro benzene ring substituents is 1. The zero-order valence-corrected chi connectivity index (χ0v) is 22.3. The number of hydrogen-bond acceptors (Lipinski definition) is 7. The highest BCUT2D eigenvalue weighted by molar-refractivity contribution is 6.56. The predicted octanol–water partition coefficient (Wildman–Crippen LogP) is 5.97. The van der Waals surface area contributed by atoms with E-state index in [1.54, 1.807) is 0 Å². The van der Waals surface area contributed by atoms with E-state index in [1.165, 1.54) is 53.4 Å². The van der Waals surface area contributed by atoms with Crippen molar-refractivity contribution in [3.8, 4) is 5.75 Å². The molecule has 0 spiro atoms. The number of nitro groups is 1. The number of amides is 3. The highest BCUT2D eigenvalue weighted by Gasteiger charge is 2.42. The normalized spacial score (nSPS) is 16.6. The Bertz CT molecular complexity index is 1550. The molecule has 198 valence electrons. The predicted molar refractivity (Wildman–Crippen MR) is 143 cm³/mol. The molecule has 0 radical (unpaired) electrons. The summed E-state index contributed by atoms with van der Waals surface area (Å²) in [5.74, 6) is -3.15. The van der Waals surface area contributed by atoms with Crippen molar-refractivity contribution in [3.63, 3.8) is 0 Å². The van der Waals surface area contributed by atoms with Crippen molar-refractivity contribution in [2.45, 2.75) is 6.42 Å². The molecule has 0 unspecified atom stereocenters. The Morgan fingerprint density at radius 1 is 0.821 bits per heavy atom. The molecular weight excluding hydrogens is 596 g/mol. The van der Waals surface area contributed by atoms with Gasteiger partial charge in [0, 0.05) is 30.8 Å². The topological polar surface area (TPSA) is 127 Å². The molecule has 10 nitrogen and oxygen atoms in total. The van der Waals surface area contributed by atoms with Gasteiger partial charge in [-0.3, -0.25) is 29.3 Å². The van der Waals surface area contributed by atoms with Crippen LogP contribution in [-0.4, -0.2) is 35.2 Å². The molecular formula is C25H13Cl4N3O7. The Balaban J connectivity index is 1.29. The minimum atomic E-state index is -0.776. The average Bonchev–Trinajstić information content (AvgIpc) is 3.43. The van der Waals surface area contributed by atoms with Gasteiger partial charge < -0.3 is 9.64 Å². The standard InChI is InChI=1S/C25H13Cl4N3O7/c26-19-17-18(20(27)22(29)21(19)28)24(35)31(23(17)34)13-5-7-15(8-6-13)39-25(36)11-9-16(33)30(10-11)12-1-3-14(4-2-12)32(37)38/h1-8,11H,9-10H2/t11-/m1/s1. The van der Waals surface area contributed by atoms with Crippen LogP contribution in [0, 0.1) is 16.0 Å². The van der Waals surface area contributed by atoms with Gasteiger partial charge in [-0.15, -0.1) is 0 Å². The fourth-order valence-electron chi connectivity index (χ4n) is 4.32. The molecule has 0 bridgehead atoms. The quantitative estimate of drug-likeness (QED) is 0.0664. The Morgan fingerprint density at radius 2 is 1.33 bits per heavy atom. The van der Waals surface area contributed by atoms with E-state index in [2.05, 4.69) is 0 Å². The highest BCUT2D eigenvalue weighted by atomic mass is 35.5. The number of carbonyl (C=O) groups excluding carboxylic acids is 4. The monoisotopic (exact) mass is 607 g/mol. The van der Waals surface area contributed by atoms with E-state index >= 15 is 0 Å². The van der Waals surface area contributed by atoms with Gasteiger partial charge >= 0.3 is 5.97 Å². The average molecular weight is 609 g/mol. The molecule has 3 aromatic carbocycles. The first kappa shape index (κ1) is 26.9. The van der Waals surface area contributed by atoms with Crippen LogP contribution in [0.2, 0.25) is 20.1 Å². The van der Waals surface area contributed by atoms with E-state index in [4.69, 9.17) is 51.1 Å². The minimum Gasteiger partial charge on any atom is -0.426 e. The smallest absolute Gasteiger partial charge is 0.316 e. The molecule has 2 heterocycles. The number of non-ortho nitro benzene ring substituents is 1. The molecule has 0 aromatic heterocycles. The number of nitrogens with zero attached hydrogens (tertiary/aromatic N) is 3. The summed E-state index contributed by atoms with van der Waals surface area (Å²) >= 11 is 24.4. The Hall–Kier alpha value is -3.70. The Kier molecular flexibility index (Phi) is 6.98. The van der Waals surface area contributed by atoms with Crippen LogP contribution in [0.3, 0.4) is 0 Å². The lowest BCUT2D eigenvalue weighted by Crippen LogP contribution is -2.29. The second-order valence-electron chi connectivity index (χ2n) is 8.55. The van der Waals surface area contributed by atoms with Crippen LogP contribution in [0.1, 0.15) is 27.1 Å². The molecule has 39 heavy (non-hydrogen) atoms. The van der Waals surface area contributed by atoms with Gasteiger partial charge in [0.05, 0.1) is 47.7 Å². The summed E-state index contributed by atoms with van der Waals surface area (Å²) < 4.78 is 5.41. The lowest BCUT2D eigenvalue weighted by Gasteiger charge is -2.16. The molecule has 0 aliphatic carbocycles. The van der Waals surface area contributed by atoms with Crippen molar-refractivity contribution >= 4 is 87.2 Å². The van der Waals surface area contributed by atoms with Crippen molar-refractivity contribution in [2.75, 3.05) is 16.3 Å². The first-order valence-electron chi connectivity index (χ1n) is 11.1.